The van der Waals surface area contributed by atoms with Crippen molar-refractivity contribution in [2.24, 2.45) is 5.73 Å². The molecule has 10 heteroatoms. The Hall–Kier alpha value is -2.49. The van der Waals surface area contributed by atoms with E-state index >= 15 is 0 Å². The highest BCUT2D eigenvalue weighted by molar-refractivity contribution is 5.47. The zero-order valence-electron chi connectivity index (χ0n) is 15.9. The molecule has 156 valence electrons. The lowest BCUT2D eigenvalue weighted by molar-refractivity contribution is -0.0472. The van der Waals surface area contributed by atoms with Crippen molar-refractivity contribution in [1.29, 1.82) is 0 Å². The summed E-state index contributed by atoms with van der Waals surface area (Å²) < 4.78 is 56.4. The molecule has 2 N–H and O–H groups in total. The Morgan fingerprint density at radius 2 is 2.07 bits per heavy atom. The van der Waals surface area contributed by atoms with Gasteiger partial charge in [-0.05, 0) is 38.3 Å². The standard InChI is InChI=1S/C19H22F4N6/c1-11-6-15(29(27-11)18(20)21)3-2-12-10-25-28-5-4-16(26-17(12)28)13-7-14(24)9-19(22,23)8-13/h4-6,10,13-14,18H,2-3,7-9,24H2,1H3/t13?,14-/m0/s1. The number of rotatable bonds is 5. The van der Waals surface area contributed by atoms with Gasteiger partial charge in [-0.2, -0.15) is 19.0 Å². The Morgan fingerprint density at radius 3 is 2.79 bits per heavy atom. The summed E-state index contributed by atoms with van der Waals surface area (Å²) in [6.07, 6.45) is 3.95. The molecule has 0 bridgehead atoms. The first-order chi connectivity index (χ1) is 13.7. The van der Waals surface area contributed by atoms with E-state index in [1.54, 1.807) is 36.0 Å². The fourth-order valence-electron chi connectivity index (χ4n) is 4.11. The maximum atomic E-state index is 13.9. The van der Waals surface area contributed by atoms with E-state index in [4.69, 9.17) is 5.73 Å². The summed E-state index contributed by atoms with van der Waals surface area (Å²) in [7, 11) is 0. The average Bonchev–Trinajstić information content (AvgIpc) is 3.20. The number of alkyl halides is 4. The van der Waals surface area contributed by atoms with Crippen molar-refractivity contribution in [3.05, 3.63) is 47.2 Å². The van der Waals surface area contributed by atoms with E-state index in [-0.39, 0.29) is 12.8 Å². The number of nitrogens with zero attached hydrogens (tertiary/aromatic N) is 5. The van der Waals surface area contributed by atoms with E-state index in [0.29, 0.717) is 46.7 Å². The number of nitrogens with two attached hydrogens (primary N) is 1. The van der Waals surface area contributed by atoms with Crippen LogP contribution in [0, 0.1) is 6.92 Å². The van der Waals surface area contributed by atoms with Crippen molar-refractivity contribution in [1.82, 2.24) is 24.4 Å². The highest BCUT2D eigenvalue weighted by atomic mass is 19.3. The van der Waals surface area contributed by atoms with Crippen molar-refractivity contribution < 1.29 is 17.6 Å². The van der Waals surface area contributed by atoms with Crippen molar-refractivity contribution in [2.75, 3.05) is 0 Å². The molecule has 0 saturated heterocycles. The number of halogens is 4. The SMILES string of the molecule is Cc1cc(CCc2cnn3ccc(C4C[C@H](N)CC(F)(F)C4)nc23)n(C(F)F)n1. The smallest absolute Gasteiger partial charge is 0.327 e. The maximum Gasteiger partial charge on any atom is 0.333 e. The first-order valence-electron chi connectivity index (χ1n) is 9.51. The monoisotopic (exact) mass is 410 g/mol. The van der Waals surface area contributed by atoms with E-state index in [0.717, 1.165) is 5.56 Å². The second-order valence-electron chi connectivity index (χ2n) is 7.75. The number of fused-ring (bicyclic) bond motifs is 1. The molecular weight excluding hydrogens is 388 g/mol. The van der Waals surface area contributed by atoms with Crippen molar-refractivity contribution in [2.45, 2.75) is 63.5 Å². The van der Waals surface area contributed by atoms with Gasteiger partial charge in [0.1, 0.15) is 0 Å². The summed E-state index contributed by atoms with van der Waals surface area (Å²) in [5, 5.41) is 8.05. The van der Waals surface area contributed by atoms with Crippen LogP contribution in [-0.4, -0.2) is 36.3 Å². The first-order valence-corrected chi connectivity index (χ1v) is 9.51. The molecule has 0 aliphatic heterocycles. The highest BCUT2D eigenvalue weighted by Crippen LogP contribution is 2.40. The van der Waals surface area contributed by atoms with E-state index in [1.807, 2.05) is 0 Å². The van der Waals surface area contributed by atoms with Crippen LogP contribution in [0.2, 0.25) is 0 Å². The molecule has 2 atom stereocenters. The molecule has 3 aromatic heterocycles. The van der Waals surface area contributed by atoms with Gasteiger partial charge in [0.05, 0.1) is 11.9 Å². The lowest BCUT2D eigenvalue weighted by atomic mass is 9.81. The lowest BCUT2D eigenvalue weighted by Gasteiger charge is -2.32. The average molecular weight is 410 g/mol. The van der Waals surface area contributed by atoms with Crippen LogP contribution in [0.1, 0.15) is 54.4 Å². The predicted octanol–water partition coefficient (Wildman–Crippen LogP) is 3.64. The number of aryl methyl sites for hydroxylation is 3. The van der Waals surface area contributed by atoms with E-state index < -0.39 is 24.4 Å². The van der Waals surface area contributed by atoms with Crippen LogP contribution < -0.4 is 5.73 Å². The topological polar surface area (TPSA) is 74.0 Å². The van der Waals surface area contributed by atoms with Crippen LogP contribution in [0.5, 0.6) is 0 Å². The predicted molar refractivity (Wildman–Crippen MR) is 98.1 cm³/mol. The van der Waals surface area contributed by atoms with Crippen LogP contribution in [0.15, 0.2) is 24.5 Å². The summed E-state index contributed by atoms with van der Waals surface area (Å²) >= 11 is 0. The molecule has 0 spiro atoms. The molecule has 1 aliphatic rings. The molecular formula is C19H22F4N6. The van der Waals surface area contributed by atoms with E-state index in [2.05, 4.69) is 15.2 Å². The molecule has 6 nitrogen and oxygen atoms in total. The Labute approximate surface area is 164 Å². The number of hydrogen-bond donors (Lipinski definition) is 1. The van der Waals surface area contributed by atoms with Crippen LogP contribution in [0.3, 0.4) is 0 Å². The normalized spacial score (nSPS) is 21.9. The van der Waals surface area contributed by atoms with Crippen LogP contribution >= 0.6 is 0 Å². The Balaban J connectivity index is 1.58. The Kier molecular flexibility index (Phi) is 5.05. The summed E-state index contributed by atoms with van der Waals surface area (Å²) in [4.78, 5) is 4.57. The van der Waals surface area contributed by atoms with Gasteiger partial charge in [-0.3, -0.25) is 0 Å². The third kappa shape index (κ3) is 4.12. The van der Waals surface area contributed by atoms with Crippen LogP contribution in [-0.2, 0) is 12.8 Å². The third-order valence-corrected chi connectivity index (χ3v) is 5.35. The molecule has 4 rings (SSSR count). The summed E-state index contributed by atoms with van der Waals surface area (Å²) in [5.41, 5.74) is 8.63. The second-order valence-corrected chi connectivity index (χ2v) is 7.75. The number of aromatic nitrogens is 5. The first kappa shape index (κ1) is 19.8. The van der Waals surface area contributed by atoms with Gasteiger partial charge in [0.2, 0.25) is 5.92 Å². The maximum absolute atomic E-state index is 13.9. The minimum Gasteiger partial charge on any atom is -0.327 e. The third-order valence-electron chi connectivity index (χ3n) is 5.35. The van der Waals surface area contributed by atoms with Gasteiger partial charge >= 0.3 is 6.55 Å². The zero-order valence-corrected chi connectivity index (χ0v) is 15.9. The van der Waals surface area contributed by atoms with Gasteiger partial charge in [-0.15, -0.1) is 0 Å². The molecule has 1 aliphatic carbocycles. The highest BCUT2D eigenvalue weighted by Gasteiger charge is 2.41. The quantitative estimate of drug-likeness (QED) is 0.652. The molecule has 0 amide bonds. The van der Waals surface area contributed by atoms with Crippen LogP contribution in [0.25, 0.3) is 5.65 Å². The number of hydrogen-bond acceptors (Lipinski definition) is 4. The van der Waals surface area contributed by atoms with E-state index in [9.17, 15) is 17.6 Å². The fraction of sp³-hybridized carbons (Fsp3) is 0.526. The molecule has 0 aromatic carbocycles. The molecule has 1 unspecified atom stereocenters. The largest absolute Gasteiger partial charge is 0.333 e. The lowest BCUT2D eigenvalue weighted by Crippen LogP contribution is -2.38. The van der Waals surface area contributed by atoms with Gasteiger partial charge in [0.25, 0.3) is 0 Å². The summed E-state index contributed by atoms with van der Waals surface area (Å²) in [6.45, 7) is -1.04. The van der Waals surface area contributed by atoms with Gasteiger partial charge in [0.15, 0.2) is 5.65 Å². The van der Waals surface area contributed by atoms with Gasteiger partial charge in [0, 0.05) is 47.9 Å². The van der Waals surface area contributed by atoms with Crippen molar-refractivity contribution >= 4 is 5.65 Å². The fourth-order valence-corrected chi connectivity index (χ4v) is 4.11. The molecule has 29 heavy (non-hydrogen) atoms. The Morgan fingerprint density at radius 1 is 1.28 bits per heavy atom. The zero-order chi connectivity index (χ0) is 20.8. The molecule has 1 saturated carbocycles. The molecule has 3 heterocycles. The van der Waals surface area contributed by atoms with E-state index in [1.165, 1.54) is 0 Å². The van der Waals surface area contributed by atoms with Gasteiger partial charge in [-0.25, -0.2) is 23.0 Å². The molecule has 0 radical (unpaired) electrons. The van der Waals surface area contributed by atoms with Crippen molar-refractivity contribution in [3.8, 4) is 0 Å². The Bertz CT molecular complexity index is 1010. The molecule has 3 aromatic rings. The minimum atomic E-state index is -2.80. The van der Waals surface area contributed by atoms with Gasteiger partial charge in [-0.1, -0.05) is 0 Å². The van der Waals surface area contributed by atoms with Crippen molar-refractivity contribution in [3.63, 3.8) is 0 Å². The minimum absolute atomic E-state index is 0.278. The summed E-state index contributed by atoms with van der Waals surface area (Å²) in [6, 6.07) is 2.75. The molecule has 1 fully saturated rings. The summed E-state index contributed by atoms with van der Waals surface area (Å²) in [5.74, 6) is -3.23. The second kappa shape index (κ2) is 7.40. The van der Waals surface area contributed by atoms with Crippen LogP contribution in [0.4, 0.5) is 17.6 Å². The van der Waals surface area contributed by atoms with Gasteiger partial charge < -0.3 is 5.73 Å².